The summed E-state index contributed by atoms with van der Waals surface area (Å²) >= 11 is 0. The van der Waals surface area contributed by atoms with Gasteiger partial charge in [0.05, 0.1) is 44.6 Å². The van der Waals surface area contributed by atoms with Gasteiger partial charge in [-0.1, -0.05) is 37.1 Å². The number of benzene rings is 2. The SMILES string of the molecule is C=CCO[C@@]12Oc3ccc(Oc4ccc(OC)c(C=O)c4)cc3[C@H]3[C@H](CCCCO)[C@@H](CCCCO)C=C(C(=NOC4CCCCO4)C[C@@H]1N(CCC)C(=O)OC)[C@H]32. The molecule has 0 aromatic heterocycles. The number of oxime groups is 1. The van der Waals surface area contributed by atoms with E-state index in [4.69, 9.17) is 38.4 Å². The van der Waals surface area contributed by atoms with E-state index in [-0.39, 0.29) is 44.0 Å². The predicted octanol–water partition coefficient (Wildman–Crippen LogP) is 7.94. The lowest BCUT2D eigenvalue weighted by Crippen LogP contribution is -2.70. The van der Waals surface area contributed by atoms with E-state index in [2.05, 4.69) is 12.7 Å². The van der Waals surface area contributed by atoms with E-state index in [1.165, 1.54) is 14.2 Å². The molecule has 0 bridgehead atoms. The first-order chi connectivity index (χ1) is 28.4. The highest BCUT2D eigenvalue weighted by molar-refractivity contribution is 6.03. The molecule has 13 nitrogen and oxygen atoms in total. The number of aliphatic hydroxyl groups excluding tert-OH is 2. The summed E-state index contributed by atoms with van der Waals surface area (Å²) in [5, 5.41) is 24.7. The van der Waals surface area contributed by atoms with Gasteiger partial charge in [-0.25, -0.2) is 4.79 Å². The van der Waals surface area contributed by atoms with E-state index in [0.29, 0.717) is 66.7 Å². The molecule has 2 fully saturated rings. The summed E-state index contributed by atoms with van der Waals surface area (Å²) in [6.45, 7) is 7.31. The van der Waals surface area contributed by atoms with Crippen molar-refractivity contribution in [2.24, 2.45) is 22.9 Å². The van der Waals surface area contributed by atoms with Crippen LogP contribution in [0.25, 0.3) is 0 Å². The van der Waals surface area contributed by atoms with Gasteiger partial charge in [0.2, 0.25) is 12.1 Å². The average Bonchev–Trinajstić information content (AvgIpc) is 3.25. The molecule has 4 aliphatic rings. The molecule has 1 unspecified atom stereocenters. The minimum absolute atomic E-state index is 0.0339. The van der Waals surface area contributed by atoms with Crippen molar-refractivity contribution in [3.63, 3.8) is 0 Å². The smallest absolute Gasteiger partial charge is 0.409 e. The van der Waals surface area contributed by atoms with Crippen LogP contribution in [0.1, 0.15) is 99.4 Å². The summed E-state index contributed by atoms with van der Waals surface area (Å²) in [6.07, 6.45) is 11.9. The summed E-state index contributed by atoms with van der Waals surface area (Å²) in [4.78, 5) is 33.6. The Labute approximate surface area is 341 Å². The topological polar surface area (TPSA) is 155 Å². The molecular weight excluding hydrogens is 744 g/mol. The molecule has 2 N–H and O–H groups in total. The zero-order chi connectivity index (χ0) is 41.1. The van der Waals surface area contributed by atoms with Crippen molar-refractivity contribution in [3.05, 3.63) is 71.8 Å². The lowest BCUT2D eigenvalue weighted by molar-refractivity contribution is -0.255. The van der Waals surface area contributed by atoms with E-state index in [1.807, 2.05) is 25.1 Å². The van der Waals surface area contributed by atoms with Crippen molar-refractivity contribution in [1.82, 2.24) is 4.90 Å². The fourth-order valence-electron chi connectivity index (χ4n) is 9.37. The highest BCUT2D eigenvalue weighted by atomic mass is 16.8. The average molecular weight is 805 g/mol. The van der Waals surface area contributed by atoms with E-state index in [1.54, 1.807) is 29.2 Å². The molecular formula is C45H60N2O11. The van der Waals surface area contributed by atoms with E-state index in [0.717, 1.165) is 62.4 Å². The summed E-state index contributed by atoms with van der Waals surface area (Å²) in [5.74, 6) is 0.0380. The van der Waals surface area contributed by atoms with Gasteiger partial charge in [0.1, 0.15) is 29.0 Å². The van der Waals surface area contributed by atoms with Crippen LogP contribution < -0.4 is 14.2 Å². The maximum Gasteiger partial charge on any atom is 0.409 e. The van der Waals surface area contributed by atoms with Crippen LogP contribution in [0.2, 0.25) is 0 Å². The monoisotopic (exact) mass is 804 g/mol. The van der Waals surface area contributed by atoms with Crippen molar-refractivity contribution < 1.29 is 53.1 Å². The van der Waals surface area contributed by atoms with Crippen LogP contribution in [0.15, 0.2) is 65.9 Å². The first-order valence-electron chi connectivity index (χ1n) is 20.9. The summed E-state index contributed by atoms with van der Waals surface area (Å²) in [7, 11) is 2.90. The first kappa shape index (κ1) is 43.2. The quantitative estimate of drug-likeness (QED) is 0.0580. The number of allylic oxidation sites excluding steroid dienone is 1. The van der Waals surface area contributed by atoms with Gasteiger partial charge in [0.15, 0.2) is 6.29 Å². The Hall–Kier alpha value is -4.43. The zero-order valence-corrected chi connectivity index (χ0v) is 34.1. The van der Waals surface area contributed by atoms with Crippen LogP contribution in [-0.2, 0) is 19.0 Å². The maximum absolute atomic E-state index is 13.8. The van der Waals surface area contributed by atoms with Gasteiger partial charge in [-0.05, 0) is 98.8 Å². The lowest BCUT2D eigenvalue weighted by atomic mass is 9.55. The van der Waals surface area contributed by atoms with Crippen molar-refractivity contribution in [2.45, 2.75) is 102 Å². The highest BCUT2D eigenvalue weighted by Crippen LogP contribution is 2.62. The minimum Gasteiger partial charge on any atom is -0.496 e. The molecule has 2 aromatic carbocycles. The summed E-state index contributed by atoms with van der Waals surface area (Å²) in [5.41, 5.74) is 2.90. The van der Waals surface area contributed by atoms with Crippen LogP contribution in [0.3, 0.4) is 0 Å². The molecule has 0 radical (unpaired) electrons. The first-order valence-corrected chi connectivity index (χ1v) is 20.9. The number of rotatable bonds is 20. The second-order valence-corrected chi connectivity index (χ2v) is 15.5. The molecule has 2 heterocycles. The molecule has 0 spiro atoms. The second-order valence-electron chi connectivity index (χ2n) is 15.5. The second kappa shape index (κ2) is 20.5. The number of hydrogen-bond donors (Lipinski definition) is 2. The van der Waals surface area contributed by atoms with E-state index >= 15 is 0 Å². The Morgan fingerprint density at radius 2 is 1.83 bits per heavy atom. The predicted molar refractivity (Wildman–Crippen MR) is 217 cm³/mol. The number of amides is 1. The third kappa shape index (κ3) is 9.22. The van der Waals surface area contributed by atoms with Crippen LogP contribution in [0.4, 0.5) is 4.79 Å². The number of nitrogens with zero attached hydrogens (tertiary/aromatic N) is 2. The number of fused-ring (bicyclic) bond motifs is 2. The van der Waals surface area contributed by atoms with Gasteiger partial charge in [-0.15, -0.1) is 6.58 Å². The van der Waals surface area contributed by atoms with E-state index < -0.39 is 30.1 Å². The Morgan fingerprint density at radius 3 is 2.52 bits per heavy atom. The van der Waals surface area contributed by atoms with E-state index in [9.17, 15) is 19.8 Å². The van der Waals surface area contributed by atoms with Crippen molar-refractivity contribution >= 4 is 18.1 Å². The minimum atomic E-state index is -1.40. The number of aliphatic hydroxyl groups is 2. The summed E-state index contributed by atoms with van der Waals surface area (Å²) < 4.78 is 37.4. The Kier molecular flexibility index (Phi) is 15.3. The Bertz CT molecular complexity index is 1770. The molecule has 1 saturated heterocycles. The molecule has 13 heteroatoms. The van der Waals surface area contributed by atoms with Crippen molar-refractivity contribution in [1.29, 1.82) is 0 Å². The fraction of sp³-hybridized carbons (Fsp3) is 0.578. The number of carbonyl (C=O) groups excluding carboxylic acids is 2. The third-order valence-electron chi connectivity index (χ3n) is 11.9. The molecule has 1 saturated carbocycles. The Morgan fingerprint density at radius 1 is 1.05 bits per heavy atom. The number of ether oxygens (including phenoxy) is 6. The van der Waals surface area contributed by atoms with Gasteiger partial charge < -0.3 is 43.5 Å². The molecule has 6 rings (SSSR count). The van der Waals surface area contributed by atoms with Crippen LogP contribution in [0.5, 0.6) is 23.0 Å². The Balaban J connectivity index is 1.57. The number of methoxy groups -OCH3 is 2. The molecule has 2 aliphatic carbocycles. The fourth-order valence-corrected chi connectivity index (χ4v) is 9.37. The van der Waals surface area contributed by atoms with Crippen LogP contribution in [0, 0.1) is 17.8 Å². The highest BCUT2D eigenvalue weighted by Gasteiger charge is 2.65. The molecule has 58 heavy (non-hydrogen) atoms. The van der Waals surface area contributed by atoms with Gasteiger partial charge in [-0.3, -0.25) is 9.69 Å². The third-order valence-corrected chi connectivity index (χ3v) is 11.9. The molecule has 1 amide bonds. The number of aldehydes is 1. The normalized spacial score (nSPS) is 26.6. The maximum atomic E-state index is 13.8. The number of unbranched alkanes of at least 4 members (excludes halogenated alkanes) is 2. The summed E-state index contributed by atoms with van der Waals surface area (Å²) in [6, 6.07) is 10.1. The van der Waals surface area contributed by atoms with Gasteiger partial charge in [0.25, 0.3) is 0 Å². The lowest BCUT2D eigenvalue weighted by Gasteiger charge is -2.59. The standard InChI is InChI=1S/C45H60N2O11/c1-5-20-47(44(51)53-4)40-28-37(46-58-41-15-9-12-24-54-41)35-26-30(13-7-10-21-48)34(14-8-11-22-49)42-36-27-33(56-32-16-18-38(52-3)31(25-32)29-50)17-19-39(36)57-45(40,43(35)42)55-23-6-2/h6,16-19,25-27,29-30,34,40-43,48-49H,2,5,7-15,20-24,28H2,1,3-4H3/t30-,34+,40-,41?,42+,43+,45+/m0/s1. The van der Waals surface area contributed by atoms with Gasteiger partial charge >= 0.3 is 6.09 Å². The van der Waals surface area contributed by atoms with Crippen molar-refractivity contribution in [3.8, 4) is 23.0 Å². The number of carbonyl (C=O) groups is 2. The van der Waals surface area contributed by atoms with Gasteiger partial charge in [0, 0.05) is 44.1 Å². The molecule has 2 aliphatic heterocycles. The molecule has 7 atom stereocenters. The molecule has 316 valence electrons. The molecule has 2 aromatic rings. The van der Waals surface area contributed by atoms with Crippen LogP contribution in [-0.4, -0.2) is 98.5 Å². The zero-order valence-electron chi connectivity index (χ0n) is 34.1. The van der Waals surface area contributed by atoms with Crippen LogP contribution >= 0.6 is 0 Å². The van der Waals surface area contributed by atoms with Crippen molar-refractivity contribution in [2.75, 3.05) is 47.2 Å². The number of hydrogen-bond acceptors (Lipinski definition) is 12. The largest absolute Gasteiger partial charge is 0.496 e. The van der Waals surface area contributed by atoms with Gasteiger partial charge in [-0.2, -0.15) is 0 Å².